The zero-order valence-electron chi connectivity index (χ0n) is 14.3. The average molecular weight is 349 g/mol. The zero-order valence-corrected chi connectivity index (χ0v) is 14.3. The molecule has 0 bridgehead atoms. The molecule has 3 rings (SSSR count). The molecule has 3 aromatic carbocycles. The van der Waals surface area contributed by atoms with E-state index in [1.807, 2.05) is 49.4 Å². The molecule has 2 N–H and O–H groups in total. The molecule has 26 heavy (non-hydrogen) atoms. The topological polar surface area (TPSA) is 75.6 Å². The number of aromatic carboxylic acids is 1. The van der Waals surface area contributed by atoms with Crippen molar-refractivity contribution in [3.63, 3.8) is 0 Å². The van der Waals surface area contributed by atoms with E-state index < -0.39 is 12.1 Å². The van der Waals surface area contributed by atoms with E-state index in [1.54, 1.807) is 12.1 Å². The number of carbonyl (C=O) groups excluding carboxylic acids is 1. The maximum atomic E-state index is 12.6. The summed E-state index contributed by atoms with van der Waals surface area (Å²) in [6.45, 7) is 1.88. The number of amides is 1. The van der Waals surface area contributed by atoms with E-state index in [-0.39, 0.29) is 11.5 Å². The van der Waals surface area contributed by atoms with Gasteiger partial charge in [-0.3, -0.25) is 4.79 Å². The standard InChI is InChI=1S/C21H19NO4/c1-2-18(20(23)22-16-12-10-15(11-13-16)21(24)25)26-19-9-5-7-14-6-3-4-8-17(14)19/h3-13,18H,2H2,1H3,(H,22,23)(H,24,25)/t18-/m1/s1. The largest absolute Gasteiger partial charge is 0.480 e. The lowest BCUT2D eigenvalue weighted by molar-refractivity contribution is -0.122. The smallest absolute Gasteiger partial charge is 0.335 e. The number of nitrogens with one attached hydrogen (secondary N) is 1. The number of anilines is 1. The molecule has 1 amide bonds. The second kappa shape index (κ2) is 7.70. The fourth-order valence-corrected chi connectivity index (χ4v) is 2.69. The van der Waals surface area contributed by atoms with Crippen LogP contribution >= 0.6 is 0 Å². The lowest BCUT2D eigenvalue weighted by Gasteiger charge is -2.18. The second-order valence-electron chi connectivity index (χ2n) is 5.86. The maximum Gasteiger partial charge on any atom is 0.335 e. The Morgan fingerprint density at radius 3 is 2.38 bits per heavy atom. The van der Waals surface area contributed by atoms with Crippen LogP contribution in [0.25, 0.3) is 10.8 Å². The van der Waals surface area contributed by atoms with Crippen LogP contribution in [0.2, 0.25) is 0 Å². The lowest BCUT2D eigenvalue weighted by atomic mass is 10.1. The molecule has 1 atom stereocenters. The summed E-state index contributed by atoms with van der Waals surface area (Å²) in [6.07, 6.45) is -0.151. The molecule has 0 unspecified atom stereocenters. The van der Waals surface area contributed by atoms with Gasteiger partial charge in [-0.05, 0) is 42.1 Å². The quantitative estimate of drug-likeness (QED) is 0.694. The highest BCUT2D eigenvalue weighted by Crippen LogP contribution is 2.26. The molecule has 0 fully saturated rings. The monoisotopic (exact) mass is 349 g/mol. The van der Waals surface area contributed by atoms with Crippen molar-refractivity contribution in [2.24, 2.45) is 0 Å². The SMILES string of the molecule is CC[C@@H](Oc1cccc2ccccc12)C(=O)Nc1ccc(C(=O)O)cc1. The first-order valence-corrected chi connectivity index (χ1v) is 8.37. The van der Waals surface area contributed by atoms with Crippen LogP contribution in [-0.4, -0.2) is 23.1 Å². The molecule has 0 aliphatic heterocycles. The molecule has 0 spiro atoms. The van der Waals surface area contributed by atoms with E-state index in [0.717, 1.165) is 10.8 Å². The molecular formula is C21H19NO4. The Kier molecular flexibility index (Phi) is 5.17. The zero-order chi connectivity index (χ0) is 18.5. The molecule has 132 valence electrons. The Balaban J connectivity index is 1.75. The lowest BCUT2D eigenvalue weighted by Crippen LogP contribution is -2.32. The average Bonchev–Trinajstić information content (AvgIpc) is 2.66. The Bertz CT molecular complexity index is 929. The van der Waals surface area contributed by atoms with Gasteiger partial charge in [-0.25, -0.2) is 4.79 Å². The van der Waals surface area contributed by atoms with Crippen molar-refractivity contribution < 1.29 is 19.4 Å². The molecular weight excluding hydrogens is 330 g/mol. The number of ether oxygens (including phenoxy) is 1. The summed E-state index contributed by atoms with van der Waals surface area (Å²) in [5.41, 5.74) is 0.696. The van der Waals surface area contributed by atoms with E-state index in [1.165, 1.54) is 12.1 Å². The van der Waals surface area contributed by atoms with Gasteiger partial charge in [-0.15, -0.1) is 0 Å². The maximum absolute atomic E-state index is 12.6. The first-order valence-electron chi connectivity index (χ1n) is 8.37. The number of rotatable bonds is 6. The van der Waals surface area contributed by atoms with Crippen LogP contribution in [-0.2, 0) is 4.79 Å². The first kappa shape index (κ1) is 17.5. The molecule has 0 aliphatic rings. The predicted octanol–water partition coefficient (Wildman–Crippen LogP) is 4.33. The normalized spacial score (nSPS) is 11.7. The van der Waals surface area contributed by atoms with Gasteiger partial charge in [0.15, 0.2) is 6.10 Å². The second-order valence-corrected chi connectivity index (χ2v) is 5.86. The van der Waals surface area contributed by atoms with Crippen molar-refractivity contribution >= 4 is 28.3 Å². The minimum atomic E-state index is -1.01. The fraction of sp³-hybridized carbons (Fsp3) is 0.143. The van der Waals surface area contributed by atoms with Crippen molar-refractivity contribution in [2.45, 2.75) is 19.4 Å². The Hall–Kier alpha value is -3.34. The first-order chi connectivity index (χ1) is 12.6. The minimum Gasteiger partial charge on any atom is -0.480 e. The van der Waals surface area contributed by atoms with Crippen LogP contribution in [0, 0.1) is 0 Å². The highest BCUT2D eigenvalue weighted by Gasteiger charge is 2.19. The highest BCUT2D eigenvalue weighted by molar-refractivity contribution is 5.96. The summed E-state index contributed by atoms with van der Waals surface area (Å²) >= 11 is 0. The van der Waals surface area contributed by atoms with Gasteiger partial charge in [0.1, 0.15) is 5.75 Å². The van der Waals surface area contributed by atoms with Crippen LogP contribution in [0.1, 0.15) is 23.7 Å². The van der Waals surface area contributed by atoms with Gasteiger partial charge in [-0.1, -0.05) is 43.3 Å². The van der Waals surface area contributed by atoms with Gasteiger partial charge in [0.05, 0.1) is 5.56 Å². The van der Waals surface area contributed by atoms with Crippen molar-refractivity contribution in [3.05, 3.63) is 72.3 Å². The van der Waals surface area contributed by atoms with Crippen molar-refractivity contribution in [1.82, 2.24) is 0 Å². The number of benzene rings is 3. The minimum absolute atomic E-state index is 0.169. The third kappa shape index (κ3) is 3.83. The van der Waals surface area contributed by atoms with Gasteiger partial charge >= 0.3 is 5.97 Å². The molecule has 0 radical (unpaired) electrons. The van der Waals surface area contributed by atoms with E-state index in [2.05, 4.69) is 5.32 Å². The molecule has 5 heteroatoms. The summed E-state index contributed by atoms with van der Waals surface area (Å²) in [5.74, 6) is -0.622. The van der Waals surface area contributed by atoms with Crippen LogP contribution in [0.4, 0.5) is 5.69 Å². The Morgan fingerprint density at radius 1 is 1.00 bits per heavy atom. The summed E-state index contributed by atoms with van der Waals surface area (Å²) in [7, 11) is 0. The molecule has 3 aromatic rings. The number of hydrogen-bond acceptors (Lipinski definition) is 3. The van der Waals surface area contributed by atoms with Gasteiger partial charge in [-0.2, -0.15) is 0 Å². The molecule has 0 saturated carbocycles. The summed E-state index contributed by atoms with van der Waals surface area (Å²) < 4.78 is 5.97. The third-order valence-electron chi connectivity index (χ3n) is 4.08. The number of hydrogen-bond donors (Lipinski definition) is 2. The molecule has 0 aliphatic carbocycles. The number of carboxylic acids is 1. The van der Waals surface area contributed by atoms with Gasteiger partial charge in [0.25, 0.3) is 5.91 Å². The van der Waals surface area contributed by atoms with E-state index in [0.29, 0.717) is 17.9 Å². The van der Waals surface area contributed by atoms with Crippen LogP contribution in [0.3, 0.4) is 0 Å². The van der Waals surface area contributed by atoms with Crippen LogP contribution < -0.4 is 10.1 Å². The molecule has 0 aromatic heterocycles. The predicted molar refractivity (Wildman–Crippen MR) is 101 cm³/mol. The number of carboxylic acid groups (broad SMARTS) is 1. The van der Waals surface area contributed by atoms with E-state index in [4.69, 9.17) is 9.84 Å². The van der Waals surface area contributed by atoms with Crippen molar-refractivity contribution in [3.8, 4) is 5.75 Å². The van der Waals surface area contributed by atoms with Crippen LogP contribution in [0.15, 0.2) is 66.7 Å². The van der Waals surface area contributed by atoms with Gasteiger partial charge in [0.2, 0.25) is 0 Å². The van der Waals surface area contributed by atoms with Crippen molar-refractivity contribution in [1.29, 1.82) is 0 Å². The fourth-order valence-electron chi connectivity index (χ4n) is 2.69. The molecule has 0 heterocycles. The van der Waals surface area contributed by atoms with Crippen molar-refractivity contribution in [2.75, 3.05) is 5.32 Å². The summed E-state index contributed by atoms with van der Waals surface area (Å²) in [4.78, 5) is 23.4. The number of carbonyl (C=O) groups is 2. The highest BCUT2D eigenvalue weighted by atomic mass is 16.5. The summed E-state index contributed by atoms with van der Waals surface area (Å²) in [5, 5.41) is 13.7. The number of fused-ring (bicyclic) bond motifs is 1. The molecule has 5 nitrogen and oxygen atoms in total. The molecule has 0 saturated heterocycles. The van der Waals surface area contributed by atoms with E-state index in [9.17, 15) is 9.59 Å². The summed E-state index contributed by atoms with van der Waals surface area (Å²) in [6, 6.07) is 19.6. The Labute approximate surface area is 151 Å². The van der Waals surface area contributed by atoms with Gasteiger partial charge < -0.3 is 15.2 Å². The van der Waals surface area contributed by atoms with E-state index >= 15 is 0 Å². The van der Waals surface area contributed by atoms with Crippen LogP contribution in [0.5, 0.6) is 5.75 Å². The third-order valence-corrected chi connectivity index (χ3v) is 4.08. The Morgan fingerprint density at radius 2 is 1.69 bits per heavy atom. The van der Waals surface area contributed by atoms with Gasteiger partial charge in [0, 0.05) is 11.1 Å².